The van der Waals surface area contributed by atoms with Crippen LogP contribution in [0.15, 0.2) is 17.0 Å². The zero-order chi connectivity index (χ0) is 19.6. The SMILES string of the molecule is CCOC(=O)c1cc(S(=O)(=O)N2CCC(C(=O)O)C2)cc([N+](=O)[O-])c1C. The molecule has 1 saturated heterocycles. The number of carboxylic acid groups (broad SMARTS) is 1. The van der Waals surface area contributed by atoms with Crippen LogP contribution in [-0.2, 0) is 19.6 Å². The van der Waals surface area contributed by atoms with E-state index in [1.807, 2.05) is 0 Å². The molecule has 10 nitrogen and oxygen atoms in total. The van der Waals surface area contributed by atoms with E-state index in [1.54, 1.807) is 6.92 Å². The number of hydrogen-bond acceptors (Lipinski definition) is 7. The molecule has 26 heavy (non-hydrogen) atoms. The smallest absolute Gasteiger partial charge is 0.338 e. The van der Waals surface area contributed by atoms with Crippen molar-refractivity contribution in [3.8, 4) is 0 Å². The lowest BCUT2D eigenvalue weighted by Gasteiger charge is -2.17. The normalized spacial score (nSPS) is 17.8. The monoisotopic (exact) mass is 386 g/mol. The third kappa shape index (κ3) is 3.68. The number of nitro groups is 1. The molecule has 1 atom stereocenters. The molecule has 11 heteroatoms. The Morgan fingerprint density at radius 3 is 2.58 bits per heavy atom. The number of nitro benzene ring substituents is 1. The van der Waals surface area contributed by atoms with Crippen LogP contribution < -0.4 is 0 Å². The van der Waals surface area contributed by atoms with Gasteiger partial charge in [0.1, 0.15) is 0 Å². The van der Waals surface area contributed by atoms with Crippen LogP contribution in [0.2, 0.25) is 0 Å². The van der Waals surface area contributed by atoms with E-state index in [0.717, 1.165) is 16.4 Å². The average Bonchev–Trinajstić information content (AvgIpc) is 3.05. The number of nitrogens with zero attached hydrogens (tertiary/aromatic N) is 2. The van der Waals surface area contributed by atoms with Crippen molar-refractivity contribution in [2.45, 2.75) is 25.2 Å². The summed E-state index contributed by atoms with van der Waals surface area (Å²) < 4.78 is 31.4. The summed E-state index contributed by atoms with van der Waals surface area (Å²) in [5.74, 6) is -2.81. The quantitative estimate of drug-likeness (QED) is 0.436. The predicted octanol–water partition coefficient (Wildman–Crippen LogP) is 1.18. The second kappa shape index (κ2) is 7.38. The highest BCUT2D eigenvalue weighted by molar-refractivity contribution is 7.89. The first-order valence-electron chi connectivity index (χ1n) is 7.78. The number of rotatable bonds is 6. The summed E-state index contributed by atoms with van der Waals surface area (Å²) in [5.41, 5.74) is -0.742. The first-order chi connectivity index (χ1) is 12.1. The Morgan fingerprint density at radius 1 is 1.42 bits per heavy atom. The number of carbonyl (C=O) groups excluding carboxylic acids is 1. The minimum atomic E-state index is -4.19. The summed E-state index contributed by atoms with van der Waals surface area (Å²) in [4.78, 5) is 33.1. The molecule has 0 aliphatic carbocycles. The van der Waals surface area contributed by atoms with E-state index in [0.29, 0.717) is 0 Å². The number of esters is 1. The number of aliphatic carboxylic acids is 1. The number of hydrogen-bond donors (Lipinski definition) is 1. The van der Waals surface area contributed by atoms with Gasteiger partial charge in [0.05, 0.1) is 27.9 Å². The summed E-state index contributed by atoms with van der Waals surface area (Å²) in [6, 6.07) is 1.91. The summed E-state index contributed by atoms with van der Waals surface area (Å²) >= 11 is 0. The second-order valence-electron chi connectivity index (χ2n) is 5.78. The van der Waals surface area contributed by atoms with Crippen LogP contribution in [0.4, 0.5) is 5.69 Å². The van der Waals surface area contributed by atoms with Gasteiger partial charge in [-0.25, -0.2) is 13.2 Å². The largest absolute Gasteiger partial charge is 0.481 e. The topological polar surface area (TPSA) is 144 Å². The molecule has 142 valence electrons. The van der Waals surface area contributed by atoms with Gasteiger partial charge >= 0.3 is 11.9 Å². The first-order valence-corrected chi connectivity index (χ1v) is 9.22. The fraction of sp³-hybridized carbons (Fsp3) is 0.467. The number of carboxylic acids is 1. The molecule has 1 unspecified atom stereocenters. The second-order valence-corrected chi connectivity index (χ2v) is 7.72. The Hall–Kier alpha value is -2.53. The first kappa shape index (κ1) is 19.8. The van der Waals surface area contributed by atoms with Gasteiger partial charge in [0, 0.05) is 24.7 Å². The van der Waals surface area contributed by atoms with Gasteiger partial charge in [-0.3, -0.25) is 14.9 Å². The average molecular weight is 386 g/mol. The highest BCUT2D eigenvalue weighted by Crippen LogP contribution is 2.31. The number of benzene rings is 1. The van der Waals surface area contributed by atoms with Gasteiger partial charge in [0.25, 0.3) is 5.69 Å². The van der Waals surface area contributed by atoms with E-state index in [-0.39, 0.29) is 37.2 Å². The van der Waals surface area contributed by atoms with Crippen molar-refractivity contribution in [3.05, 3.63) is 33.4 Å². The molecule has 0 spiro atoms. The number of carbonyl (C=O) groups is 2. The Balaban J connectivity index is 2.53. The van der Waals surface area contributed by atoms with E-state index in [2.05, 4.69) is 0 Å². The van der Waals surface area contributed by atoms with Crippen LogP contribution in [-0.4, -0.2) is 54.4 Å². The van der Waals surface area contributed by atoms with Crippen LogP contribution >= 0.6 is 0 Å². The minimum absolute atomic E-state index is 0.00256. The van der Waals surface area contributed by atoms with Crippen LogP contribution in [0.5, 0.6) is 0 Å². The van der Waals surface area contributed by atoms with Crippen molar-refractivity contribution in [2.75, 3.05) is 19.7 Å². The third-order valence-corrected chi connectivity index (χ3v) is 6.03. The number of sulfonamides is 1. The Kier molecular flexibility index (Phi) is 5.62. The standard InChI is InChI=1S/C15H18N2O8S/c1-3-25-15(20)12-6-11(7-13(9(12)2)17(21)22)26(23,24)16-5-4-10(8-16)14(18)19/h6-7,10H,3-5,8H2,1-2H3,(H,18,19). The maximum atomic E-state index is 12.8. The molecule has 1 aliphatic rings. The fourth-order valence-corrected chi connectivity index (χ4v) is 4.28. The Morgan fingerprint density at radius 2 is 2.08 bits per heavy atom. The number of ether oxygens (including phenoxy) is 1. The predicted molar refractivity (Wildman–Crippen MR) is 88.3 cm³/mol. The maximum absolute atomic E-state index is 12.8. The van der Waals surface area contributed by atoms with E-state index < -0.39 is 43.4 Å². The lowest BCUT2D eigenvalue weighted by molar-refractivity contribution is -0.385. The zero-order valence-corrected chi connectivity index (χ0v) is 15.0. The highest BCUT2D eigenvalue weighted by atomic mass is 32.2. The van der Waals surface area contributed by atoms with Gasteiger partial charge < -0.3 is 9.84 Å². The van der Waals surface area contributed by atoms with Crippen molar-refractivity contribution in [1.82, 2.24) is 4.31 Å². The van der Waals surface area contributed by atoms with Gasteiger partial charge in [-0.15, -0.1) is 0 Å². The molecule has 1 N–H and O–H groups in total. The van der Waals surface area contributed by atoms with Crippen molar-refractivity contribution < 1.29 is 32.8 Å². The molecule has 0 radical (unpaired) electrons. The molecule has 1 heterocycles. The van der Waals surface area contributed by atoms with E-state index in [4.69, 9.17) is 9.84 Å². The summed E-state index contributed by atoms with van der Waals surface area (Å²) in [7, 11) is -4.19. The van der Waals surface area contributed by atoms with Crippen molar-refractivity contribution in [1.29, 1.82) is 0 Å². The van der Waals surface area contributed by atoms with Crippen LogP contribution in [0, 0.1) is 23.0 Å². The Labute approximate surface area is 149 Å². The zero-order valence-electron chi connectivity index (χ0n) is 14.2. The molecule has 2 rings (SSSR count). The van der Waals surface area contributed by atoms with E-state index in [9.17, 15) is 28.1 Å². The van der Waals surface area contributed by atoms with Crippen LogP contribution in [0.25, 0.3) is 0 Å². The summed E-state index contributed by atoms with van der Waals surface area (Å²) in [5, 5.41) is 20.3. The molecule has 1 aliphatic heterocycles. The molecule has 1 aromatic rings. The molecular weight excluding hydrogens is 368 g/mol. The molecule has 0 saturated carbocycles. The van der Waals surface area contributed by atoms with Crippen LogP contribution in [0.1, 0.15) is 29.3 Å². The molecule has 0 aromatic heterocycles. The molecule has 1 fully saturated rings. The highest BCUT2D eigenvalue weighted by Gasteiger charge is 2.37. The van der Waals surface area contributed by atoms with Gasteiger partial charge in [-0.2, -0.15) is 4.31 Å². The van der Waals surface area contributed by atoms with E-state index in [1.165, 1.54) is 6.92 Å². The lowest BCUT2D eigenvalue weighted by Crippen LogP contribution is -2.30. The van der Waals surface area contributed by atoms with E-state index >= 15 is 0 Å². The van der Waals surface area contributed by atoms with Crippen molar-refractivity contribution in [2.24, 2.45) is 5.92 Å². The summed E-state index contributed by atoms with van der Waals surface area (Å²) in [6.07, 6.45) is 0.146. The van der Waals surface area contributed by atoms with Crippen molar-refractivity contribution in [3.63, 3.8) is 0 Å². The molecule has 0 bridgehead atoms. The Bertz CT molecular complexity index is 865. The van der Waals surface area contributed by atoms with Gasteiger partial charge in [-0.1, -0.05) is 0 Å². The fourth-order valence-electron chi connectivity index (χ4n) is 2.73. The summed E-state index contributed by atoms with van der Waals surface area (Å²) in [6.45, 7) is 2.66. The minimum Gasteiger partial charge on any atom is -0.481 e. The molecule has 1 aromatic carbocycles. The lowest BCUT2D eigenvalue weighted by atomic mass is 10.1. The third-order valence-electron chi connectivity index (χ3n) is 4.18. The molecular formula is C15H18N2O8S. The van der Waals surface area contributed by atoms with Gasteiger partial charge in [0.2, 0.25) is 10.0 Å². The van der Waals surface area contributed by atoms with Crippen LogP contribution in [0.3, 0.4) is 0 Å². The van der Waals surface area contributed by atoms with Gasteiger partial charge in [-0.05, 0) is 26.3 Å². The van der Waals surface area contributed by atoms with Crippen molar-refractivity contribution >= 4 is 27.6 Å². The van der Waals surface area contributed by atoms with Gasteiger partial charge in [0.15, 0.2) is 0 Å². The molecule has 0 amide bonds. The maximum Gasteiger partial charge on any atom is 0.338 e.